The highest BCUT2D eigenvalue weighted by atomic mass is 16.2. The van der Waals surface area contributed by atoms with Crippen molar-refractivity contribution in [2.75, 3.05) is 13.1 Å². The third kappa shape index (κ3) is 2.98. The second-order valence-electron chi connectivity index (χ2n) is 4.32. The number of hydrogen-bond acceptors (Lipinski definition) is 2. The fourth-order valence-corrected chi connectivity index (χ4v) is 2.08. The van der Waals surface area contributed by atoms with Crippen molar-refractivity contribution in [3.05, 3.63) is 0 Å². The molecule has 0 aliphatic carbocycles. The standard InChI is InChI=1S/C11H22N2O/c1-3-10-5-4-7-13(8-6-10)11(14)9(2)12/h9-10H,3-8,12H2,1-2H3/t9-,10?/m1/s1. The summed E-state index contributed by atoms with van der Waals surface area (Å²) in [5, 5.41) is 0. The fourth-order valence-electron chi connectivity index (χ4n) is 2.08. The number of rotatable bonds is 2. The van der Waals surface area contributed by atoms with Gasteiger partial charge in [-0.05, 0) is 32.1 Å². The highest BCUT2D eigenvalue weighted by Gasteiger charge is 2.21. The van der Waals surface area contributed by atoms with E-state index < -0.39 is 0 Å². The van der Waals surface area contributed by atoms with Crippen LogP contribution in [0.4, 0.5) is 0 Å². The summed E-state index contributed by atoms with van der Waals surface area (Å²) in [7, 11) is 0. The summed E-state index contributed by atoms with van der Waals surface area (Å²) in [6.07, 6.45) is 4.78. The summed E-state index contributed by atoms with van der Waals surface area (Å²) in [5.41, 5.74) is 5.59. The van der Waals surface area contributed by atoms with E-state index >= 15 is 0 Å². The maximum Gasteiger partial charge on any atom is 0.239 e. The summed E-state index contributed by atoms with van der Waals surface area (Å²) >= 11 is 0. The predicted molar refractivity (Wildman–Crippen MR) is 57.9 cm³/mol. The van der Waals surface area contributed by atoms with Crippen LogP contribution in [-0.4, -0.2) is 29.9 Å². The van der Waals surface area contributed by atoms with Crippen LogP contribution in [0.25, 0.3) is 0 Å². The topological polar surface area (TPSA) is 46.3 Å². The molecule has 1 aliphatic rings. The number of amides is 1. The third-order valence-electron chi connectivity index (χ3n) is 3.13. The zero-order valence-corrected chi connectivity index (χ0v) is 9.33. The lowest BCUT2D eigenvalue weighted by Gasteiger charge is -2.22. The minimum absolute atomic E-state index is 0.113. The van der Waals surface area contributed by atoms with Gasteiger partial charge in [0.2, 0.25) is 5.91 Å². The van der Waals surface area contributed by atoms with E-state index in [0.29, 0.717) is 0 Å². The summed E-state index contributed by atoms with van der Waals surface area (Å²) in [6.45, 7) is 5.80. The zero-order valence-electron chi connectivity index (χ0n) is 9.33. The van der Waals surface area contributed by atoms with Crippen molar-refractivity contribution in [2.45, 2.75) is 45.6 Å². The molecular weight excluding hydrogens is 176 g/mol. The Bertz CT molecular complexity index is 192. The van der Waals surface area contributed by atoms with Gasteiger partial charge in [-0.1, -0.05) is 13.3 Å². The van der Waals surface area contributed by atoms with Crippen LogP contribution >= 0.6 is 0 Å². The number of carbonyl (C=O) groups excluding carboxylic acids is 1. The molecule has 0 aromatic rings. The van der Waals surface area contributed by atoms with Gasteiger partial charge in [0.1, 0.15) is 0 Å². The molecule has 1 aliphatic heterocycles. The number of likely N-dealkylation sites (tertiary alicyclic amines) is 1. The molecule has 2 atom stereocenters. The molecule has 3 heteroatoms. The van der Waals surface area contributed by atoms with Gasteiger partial charge < -0.3 is 10.6 Å². The molecule has 0 saturated carbocycles. The smallest absolute Gasteiger partial charge is 0.239 e. The second-order valence-corrected chi connectivity index (χ2v) is 4.32. The predicted octanol–water partition coefficient (Wildman–Crippen LogP) is 1.37. The van der Waals surface area contributed by atoms with Crippen molar-refractivity contribution >= 4 is 5.91 Å². The fraction of sp³-hybridized carbons (Fsp3) is 0.909. The van der Waals surface area contributed by atoms with E-state index in [-0.39, 0.29) is 11.9 Å². The molecule has 0 bridgehead atoms. The summed E-state index contributed by atoms with van der Waals surface area (Å²) in [6, 6.07) is -0.340. The lowest BCUT2D eigenvalue weighted by Crippen LogP contribution is -2.42. The first-order chi connectivity index (χ1) is 6.65. The number of nitrogens with zero attached hydrogens (tertiary/aromatic N) is 1. The van der Waals surface area contributed by atoms with Gasteiger partial charge in [0.15, 0.2) is 0 Å². The van der Waals surface area contributed by atoms with Gasteiger partial charge in [0.25, 0.3) is 0 Å². The summed E-state index contributed by atoms with van der Waals surface area (Å²) in [4.78, 5) is 13.6. The Morgan fingerprint density at radius 1 is 1.50 bits per heavy atom. The average molecular weight is 198 g/mol. The average Bonchev–Trinajstić information content (AvgIpc) is 2.41. The van der Waals surface area contributed by atoms with Crippen molar-refractivity contribution in [1.82, 2.24) is 4.90 Å². The quantitative estimate of drug-likeness (QED) is 0.728. The van der Waals surface area contributed by atoms with Crippen LogP contribution < -0.4 is 5.73 Å². The molecule has 1 rings (SSSR count). The SMILES string of the molecule is CCC1CCCN(C(=O)[C@@H](C)N)CC1. The molecule has 1 unspecified atom stereocenters. The Balaban J connectivity index is 2.45. The third-order valence-corrected chi connectivity index (χ3v) is 3.13. The van der Waals surface area contributed by atoms with Crippen LogP contribution in [0.5, 0.6) is 0 Å². The minimum Gasteiger partial charge on any atom is -0.341 e. The Morgan fingerprint density at radius 3 is 2.79 bits per heavy atom. The molecule has 0 aromatic carbocycles. The van der Waals surface area contributed by atoms with Gasteiger partial charge in [0, 0.05) is 13.1 Å². The number of carbonyl (C=O) groups is 1. The number of hydrogen-bond donors (Lipinski definition) is 1. The van der Waals surface area contributed by atoms with E-state index in [1.165, 1.54) is 12.8 Å². The van der Waals surface area contributed by atoms with E-state index in [1.807, 2.05) is 4.90 Å². The maximum absolute atomic E-state index is 11.6. The van der Waals surface area contributed by atoms with Crippen LogP contribution in [0.1, 0.15) is 39.5 Å². The first-order valence-electron chi connectivity index (χ1n) is 5.69. The van der Waals surface area contributed by atoms with Gasteiger partial charge in [-0.2, -0.15) is 0 Å². The van der Waals surface area contributed by atoms with Gasteiger partial charge >= 0.3 is 0 Å². The summed E-state index contributed by atoms with van der Waals surface area (Å²) in [5.74, 6) is 0.919. The van der Waals surface area contributed by atoms with E-state index in [9.17, 15) is 4.79 Å². The van der Waals surface area contributed by atoms with Crippen LogP contribution in [0.2, 0.25) is 0 Å². The Morgan fingerprint density at radius 2 is 2.21 bits per heavy atom. The first kappa shape index (κ1) is 11.5. The molecule has 1 fully saturated rings. The largest absolute Gasteiger partial charge is 0.341 e. The van der Waals surface area contributed by atoms with Gasteiger partial charge in [0.05, 0.1) is 6.04 Å². The van der Waals surface area contributed by atoms with Gasteiger partial charge in [-0.3, -0.25) is 4.79 Å². The molecule has 0 radical (unpaired) electrons. The van der Waals surface area contributed by atoms with E-state index in [2.05, 4.69) is 6.92 Å². The van der Waals surface area contributed by atoms with E-state index in [1.54, 1.807) is 6.92 Å². The lowest BCUT2D eigenvalue weighted by molar-refractivity contribution is -0.132. The Hall–Kier alpha value is -0.570. The zero-order chi connectivity index (χ0) is 10.6. The van der Waals surface area contributed by atoms with Crippen LogP contribution in [0, 0.1) is 5.92 Å². The number of nitrogens with two attached hydrogens (primary N) is 1. The van der Waals surface area contributed by atoms with Crippen LogP contribution in [0.3, 0.4) is 0 Å². The molecule has 0 aromatic heterocycles. The molecule has 1 saturated heterocycles. The van der Waals surface area contributed by atoms with E-state index in [0.717, 1.165) is 31.8 Å². The molecule has 1 heterocycles. The molecule has 3 nitrogen and oxygen atoms in total. The normalized spacial score (nSPS) is 25.6. The van der Waals surface area contributed by atoms with Crippen molar-refractivity contribution in [2.24, 2.45) is 11.7 Å². The first-order valence-corrected chi connectivity index (χ1v) is 5.69. The Labute approximate surface area is 86.6 Å². The summed E-state index contributed by atoms with van der Waals surface area (Å²) < 4.78 is 0. The van der Waals surface area contributed by atoms with Gasteiger partial charge in [-0.25, -0.2) is 0 Å². The molecule has 0 spiro atoms. The molecule has 1 amide bonds. The Kier molecular flexibility index (Phi) is 4.39. The van der Waals surface area contributed by atoms with Crippen molar-refractivity contribution in [3.63, 3.8) is 0 Å². The van der Waals surface area contributed by atoms with Crippen LogP contribution in [0.15, 0.2) is 0 Å². The molecular formula is C11H22N2O. The molecule has 2 N–H and O–H groups in total. The second kappa shape index (κ2) is 5.35. The van der Waals surface area contributed by atoms with Gasteiger partial charge in [-0.15, -0.1) is 0 Å². The van der Waals surface area contributed by atoms with Crippen molar-refractivity contribution in [1.29, 1.82) is 0 Å². The monoisotopic (exact) mass is 198 g/mol. The highest BCUT2D eigenvalue weighted by Crippen LogP contribution is 2.20. The maximum atomic E-state index is 11.6. The van der Waals surface area contributed by atoms with E-state index in [4.69, 9.17) is 5.73 Å². The lowest BCUT2D eigenvalue weighted by atomic mass is 9.98. The minimum atomic E-state index is -0.340. The molecule has 14 heavy (non-hydrogen) atoms. The van der Waals surface area contributed by atoms with Crippen molar-refractivity contribution < 1.29 is 4.79 Å². The van der Waals surface area contributed by atoms with Crippen molar-refractivity contribution in [3.8, 4) is 0 Å². The molecule has 82 valence electrons. The highest BCUT2D eigenvalue weighted by molar-refractivity contribution is 5.81. The van der Waals surface area contributed by atoms with Crippen LogP contribution in [-0.2, 0) is 4.79 Å².